The van der Waals surface area contributed by atoms with E-state index in [0.717, 1.165) is 30.3 Å². The lowest BCUT2D eigenvalue weighted by Crippen LogP contribution is -2.33. The summed E-state index contributed by atoms with van der Waals surface area (Å²) in [5, 5.41) is 9.44. The van der Waals surface area contributed by atoms with Crippen LogP contribution in [0.15, 0.2) is 42.5 Å². The molecule has 4 nitrogen and oxygen atoms in total. The van der Waals surface area contributed by atoms with Crippen molar-refractivity contribution in [3.63, 3.8) is 0 Å². The van der Waals surface area contributed by atoms with Crippen molar-refractivity contribution < 1.29 is 9.90 Å². The van der Waals surface area contributed by atoms with Gasteiger partial charge in [-0.15, -0.1) is 0 Å². The Hall–Kier alpha value is -2.20. The van der Waals surface area contributed by atoms with Crippen LogP contribution in [0.4, 0.5) is 0 Å². The zero-order chi connectivity index (χ0) is 16.2. The maximum Gasteiger partial charge on any atom is 0.337 e. The van der Waals surface area contributed by atoms with E-state index in [0.29, 0.717) is 17.8 Å². The summed E-state index contributed by atoms with van der Waals surface area (Å²) in [7, 11) is 0. The summed E-state index contributed by atoms with van der Waals surface area (Å²) in [6, 6.07) is 13.4. The van der Waals surface area contributed by atoms with Crippen molar-refractivity contribution in [1.29, 1.82) is 0 Å². The van der Waals surface area contributed by atoms with Gasteiger partial charge >= 0.3 is 5.97 Å². The van der Waals surface area contributed by atoms with Crippen LogP contribution in [0.25, 0.3) is 11.3 Å². The molecule has 2 aromatic rings. The fraction of sp³-hybridized carbons (Fsp3) is 0.368. The average Bonchev–Trinajstić information content (AvgIpc) is 2.57. The van der Waals surface area contributed by atoms with Gasteiger partial charge < -0.3 is 5.11 Å². The van der Waals surface area contributed by atoms with Crippen LogP contribution >= 0.6 is 0 Å². The van der Waals surface area contributed by atoms with E-state index in [1.54, 1.807) is 12.1 Å². The normalized spacial score (nSPS) is 16.4. The zero-order valence-corrected chi connectivity index (χ0v) is 13.4. The van der Waals surface area contributed by atoms with Crippen molar-refractivity contribution in [3.8, 4) is 11.3 Å². The molecule has 0 saturated carbocycles. The highest BCUT2D eigenvalue weighted by molar-refractivity contribution is 5.89. The van der Waals surface area contributed by atoms with Gasteiger partial charge in [0.1, 0.15) is 0 Å². The fourth-order valence-corrected chi connectivity index (χ4v) is 3.02. The van der Waals surface area contributed by atoms with Crippen LogP contribution in [-0.4, -0.2) is 34.0 Å². The number of aromatic carboxylic acids is 1. The monoisotopic (exact) mass is 310 g/mol. The van der Waals surface area contributed by atoms with Crippen molar-refractivity contribution >= 4 is 5.97 Å². The molecule has 0 bridgehead atoms. The van der Waals surface area contributed by atoms with Crippen LogP contribution in [0.5, 0.6) is 0 Å². The molecule has 1 saturated heterocycles. The van der Waals surface area contributed by atoms with Gasteiger partial charge in [0.05, 0.1) is 17.0 Å². The van der Waals surface area contributed by atoms with E-state index >= 15 is 0 Å². The average molecular weight is 310 g/mol. The summed E-state index contributed by atoms with van der Waals surface area (Å²) in [5.41, 5.74) is 2.81. The first kappa shape index (κ1) is 15.7. The molecule has 1 aliphatic rings. The smallest absolute Gasteiger partial charge is 0.337 e. The third-order valence-electron chi connectivity index (χ3n) is 4.52. The number of nitrogens with zero attached hydrogens (tertiary/aromatic N) is 2. The number of hydrogen-bond acceptors (Lipinski definition) is 3. The van der Waals surface area contributed by atoms with Gasteiger partial charge in [0.2, 0.25) is 0 Å². The quantitative estimate of drug-likeness (QED) is 0.936. The summed E-state index contributed by atoms with van der Waals surface area (Å²) in [5.74, 6) is -0.147. The summed E-state index contributed by atoms with van der Waals surface area (Å²) < 4.78 is 0. The number of pyridine rings is 1. The Morgan fingerprint density at radius 2 is 1.87 bits per heavy atom. The molecule has 2 heterocycles. The van der Waals surface area contributed by atoms with Crippen LogP contribution in [0.2, 0.25) is 0 Å². The molecule has 3 rings (SSSR count). The minimum atomic E-state index is -0.905. The number of carboxylic acids is 1. The van der Waals surface area contributed by atoms with Gasteiger partial charge in [-0.1, -0.05) is 37.3 Å². The zero-order valence-electron chi connectivity index (χ0n) is 13.4. The topological polar surface area (TPSA) is 53.4 Å². The number of carbonyl (C=O) groups is 1. The highest BCUT2D eigenvalue weighted by atomic mass is 16.4. The van der Waals surface area contributed by atoms with Crippen LogP contribution in [-0.2, 0) is 6.54 Å². The van der Waals surface area contributed by atoms with E-state index in [4.69, 9.17) is 0 Å². The van der Waals surface area contributed by atoms with E-state index in [1.807, 2.05) is 30.3 Å². The lowest BCUT2D eigenvalue weighted by Gasteiger charge is -2.30. The van der Waals surface area contributed by atoms with Crippen molar-refractivity contribution in [2.45, 2.75) is 26.3 Å². The van der Waals surface area contributed by atoms with Gasteiger partial charge in [-0.2, -0.15) is 0 Å². The minimum absolute atomic E-state index is 0.309. The van der Waals surface area contributed by atoms with Gasteiger partial charge in [0.25, 0.3) is 0 Å². The molecular formula is C19H22N2O2. The number of piperidine rings is 1. The van der Waals surface area contributed by atoms with E-state index in [2.05, 4.69) is 16.8 Å². The first-order valence-electron chi connectivity index (χ1n) is 8.14. The Bertz CT molecular complexity index is 677. The second kappa shape index (κ2) is 6.92. The van der Waals surface area contributed by atoms with Gasteiger partial charge in [0, 0.05) is 12.1 Å². The highest BCUT2D eigenvalue weighted by Crippen LogP contribution is 2.22. The molecule has 1 aromatic carbocycles. The number of aromatic nitrogens is 1. The van der Waals surface area contributed by atoms with Crippen LogP contribution < -0.4 is 0 Å². The van der Waals surface area contributed by atoms with Gasteiger partial charge in [-0.05, 0) is 44.0 Å². The molecule has 0 radical (unpaired) electrons. The number of hydrogen-bond donors (Lipinski definition) is 1. The Kier molecular flexibility index (Phi) is 4.72. The maximum atomic E-state index is 11.5. The third kappa shape index (κ3) is 3.77. The molecule has 1 fully saturated rings. The number of likely N-dealkylation sites (tertiary alicyclic amines) is 1. The Balaban J connectivity index is 1.88. The number of carboxylic acid groups (broad SMARTS) is 1. The van der Waals surface area contributed by atoms with Crippen LogP contribution in [0.1, 0.15) is 35.8 Å². The lowest BCUT2D eigenvalue weighted by atomic mass is 9.99. The van der Waals surface area contributed by atoms with Crippen molar-refractivity contribution in [2.75, 3.05) is 13.1 Å². The molecule has 0 unspecified atom stereocenters. The number of rotatable bonds is 4. The standard InChI is InChI=1S/C19H22N2O2/c1-14-9-11-21(12-10-14)13-18-16(19(22)23)7-8-17(20-18)15-5-3-2-4-6-15/h2-8,14H,9-13H2,1H3,(H,22,23). The largest absolute Gasteiger partial charge is 0.478 e. The summed E-state index contributed by atoms with van der Waals surface area (Å²) in [6.07, 6.45) is 2.33. The third-order valence-corrected chi connectivity index (χ3v) is 4.52. The maximum absolute atomic E-state index is 11.5. The van der Waals surface area contributed by atoms with E-state index in [1.165, 1.54) is 12.8 Å². The number of benzene rings is 1. The Morgan fingerprint density at radius 1 is 1.17 bits per heavy atom. The van der Waals surface area contributed by atoms with E-state index in [-0.39, 0.29) is 0 Å². The minimum Gasteiger partial charge on any atom is -0.478 e. The SMILES string of the molecule is CC1CCN(Cc2nc(-c3ccccc3)ccc2C(=O)O)CC1. The van der Waals surface area contributed by atoms with E-state index < -0.39 is 5.97 Å². The summed E-state index contributed by atoms with van der Waals surface area (Å²) in [6.45, 7) is 4.90. The second-order valence-electron chi connectivity index (χ2n) is 6.32. The molecule has 23 heavy (non-hydrogen) atoms. The van der Waals surface area contributed by atoms with Crippen LogP contribution in [0, 0.1) is 5.92 Å². The molecular weight excluding hydrogens is 288 g/mol. The van der Waals surface area contributed by atoms with Gasteiger partial charge in [0.15, 0.2) is 0 Å². The van der Waals surface area contributed by atoms with Gasteiger partial charge in [-0.3, -0.25) is 9.88 Å². The van der Waals surface area contributed by atoms with Gasteiger partial charge in [-0.25, -0.2) is 4.79 Å². The highest BCUT2D eigenvalue weighted by Gasteiger charge is 2.20. The van der Waals surface area contributed by atoms with Crippen LogP contribution in [0.3, 0.4) is 0 Å². The van der Waals surface area contributed by atoms with E-state index in [9.17, 15) is 9.90 Å². The molecule has 1 aliphatic heterocycles. The van der Waals surface area contributed by atoms with Crippen molar-refractivity contribution in [1.82, 2.24) is 9.88 Å². The molecule has 120 valence electrons. The predicted molar refractivity (Wildman–Crippen MR) is 90.3 cm³/mol. The fourth-order valence-electron chi connectivity index (χ4n) is 3.02. The molecule has 1 aromatic heterocycles. The second-order valence-corrected chi connectivity index (χ2v) is 6.32. The lowest BCUT2D eigenvalue weighted by molar-refractivity contribution is 0.0693. The molecule has 4 heteroatoms. The summed E-state index contributed by atoms with van der Waals surface area (Å²) in [4.78, 5) is 18.5. The molecule has 1 N–H and O–H groups in total. The molecule has 0 amide bonds. The predicted octanol–water partition coefficient (Wildman–Crippen LogP) is 3.68. The first-order valence-corrected chi connectivity index (χ1v) is 8.14. The Morgan fingerprint density at radius 3 is 2.52 bits per heavy atom. The van der Waals surface area contributed by atoms with Crippen molar-refractivity contribution in [3.05, 3.63) is 53.7 Å². The Labute approximate surface area is 136 Å². The molecule has 0 atom stereocenters. The molecule has 0 aliphatic carbocycles. The van der Waals surface area contributed by atoms with Crippen molar-refractivity contribution in [2.24, 2.45) is 5.92 Å². The first-order chi connectivity index (χ1) is 11.1. The summed E-state index contributed by atoms with van der Waals surface area (Å²) >= 11 is 0. The molecule has 0 spiro atoms.